The molecule has 4 heteroatoms. The van der Waals surface area contributed by atoms with Crippen LogP contribution in [0.3, 0.4) is 0 Å². The molecule has 0 aromatic carbocycles. The number of nitrogens with zero attached hydrogens (tertiary/aromatic N) is 2. The largest absolute Gasteiger partial charge is 0.269 e. The van der Waals surface area contributed by atoms with Gasteiger partial charge in [-0.3, -0.25) is 9.20 Å². The molecule has 0 aliphatic rings. The molecule has 0 fully saturated rings. The number of thiazole rings is 1. The van der Waals surface area contributed by atoms with Gasteiger partial charge in [0.05, 0.1) is 5.69 Å². The number of fused-ring (bicyclic) bond motifs is 1. The van der Waals surface area contributed by atoms with Gasteiger partial charge >= 0.3 is 0 Å². The van der Waals surface area contributed by atoms with Gasteiger partial charge in [-0.05, 0) is 0 Å². The second-order valence-corrected chi connectivity index (χ2v) is 5.16. The van der Waals surface area contributed by atoms with E-state index < -0.39 is 0 Å². The average molecular weight is 208 g/mol. The fraction of sp³-hybridized carbons (Fsp3) is 0.400. The Kier molecular flexibility index (Phi) is 1.96. The first kappa shape index (κ1) is 9.40. The predicted molar refractivity (Wildman–Crippen MR) is 58.0 cm³/mol. The second kappa shape index (κ2) is 2.92. The van der Waals surface area contributed by atoms with E-state index in [1.165, 1.54) is 11.3 Å². The highest BCUT2D eigenvalue weighted by molar-refractivity contribution is 7.15. The Labute approximate surface area is 86.0 Å². The summed E-state index contributed by atoms with van der Waals surface area (Å²) in [6, 6.07) is 1.61. The van der Waals surface area contributed by atoms with Gasteiger partial charge in [0.1, 0.15) is 0 Å². The normalized spacial score (nSPS) is 12.2. The van der Waals surface area contributed by atoms with Crippen molar-refractivity contribution in [2.45, 2.75) is 26.2 Å². The zero-order valence-corrected chi connectivity index (χ0v) is 9.26. The molecule has 2 heterocycles. The topological polar surface area (TPSA) is 34.4 Å². The zero-order valence-electron chi connectivity index (χ0n) is 8.44. The lowest BCUT2D eigenvalue weighted by atomic mass is 9.92. The maximum absolute atomic E-state index is 11.6. The van der Waals surface area contributed by atoms with Crippen molar-refractivity contribution in [1.29, 1.82) is 0 Å². The van der Waals surface area contributed by atoms with Crippen LogP contribution in [-0.2, 0) is 5.41 Å². The maximum Gasteiger partial charge on any atom is 0.258 e. The minimum Gasteiger partial charge on any atom is -0.269 e. The molecule has 0 radical (unpaired) electrons. The van der Waals surface area contributed by atoms with Gasteiger partial charge in [0.25, 0.3) is 5.56 Å². The number of rotatable bonds is 0. The molecule has 2 aromatic rings. The summed E-state index contributed by atoms with van der Waals surface area (Å²) in [7, 11) is 0. The van der Waals surface area contributed by atoms with Crippen LogP contribution in [0.25, 0.3) is 4.96 Å². The second-order valence-electron chi connectivity index (χ2n) is 4.29. The standard InChI is InChI=1S/C10H12N2OS/c1-10(2,3)7-6-8(13)12-4-5-14-9(12)11-7/h4-6H,1-3H3. The highest BCUT2D eigenvalue weighted by atomic mass is 32.1. The quantitative estimate of drug-likeness (QED) is 0.664. The maximum atomic E-state index is 11.6. The molecule has 0 spiro atoms. The van der Waals surface area contributed by atoms with E-state index in [0.717, 1.165) is 10.7 Å². The van der Waals surface area contributed by atoms with Crippen molar-refractivity contribution in [1.82, 2.24) is 9.38 Å². The molecular weight excluding hydrogens is 196 g/mol. The number of aromatic nitrogens is 2. The van der Waals surface area contributed by atoms with Gasteiger partial charge in [-0.25, -0.2) is 4.98 Å². The van der Waals surface area contributed by atoms with Gasteiger partial charge in [-0.2, -0.15) is 0 Å². The smallest absolute Gasteiger partial charge is 0.258 e. The van der Waals surface area contributed by atoms with E-state index in [-0.39, 0.29) is 11.0 Å². The Morgan fingerprint density at radius 1 is 1.43 bits per heavy atom. The summed E-state index contributed by atoms with van der Waals surface area (Å²) < 4.78 is 1.57. The third kappa shape index (κ3) is 1.46. The van der Waals surface area contributed by atoms with E-state index in [4.69, 9.17) is 0 Å². The van der Waals surface area contributed by atoms with E-state index in [1.54, 1.807) is 16.7 Å². The lowest BCUT2D eigenvalue weighted by molar-refractivity contribution is 0.568. The van der Waals surface area contributed by atoms with Crippen molar-refractivity contribution in [3.05, 3.63) is 33.7 Å². The molecule has 14 heavy (non-hydrogen) atoms. The first-order chi connectivity index (χ1) is 6.48. The van der Waals surface area contributed by atoms with Gasteiger partial charge in [-0.15, -0.1) is 11.3 Å². The minimum absolute atomic E-state index is 0.00109. The van der Waals surface area contributed by atoms with Gasteiger partial charge in [0.15, 0.2) is 4.96 Å². The molecular formula is C10H12N2OS. The summed E-state index contributed by atoms with van der Waals surface area (Å²) in [4.78, 5) is 16.9. The Hall–Kier alpha value is -1.16. The van der Waals surface area contributed by atoms with Crippen LogP contribution in [0.4, 0.5) is 0 Å². The molecule has 2 rings (SSSR count). The van der Waals surface area contributed by atoms with Crippen LogP contribution in [0.5, 0.6) is 0 Å². The Balaban J connectivity index is 2.77. The molecule has 0 saturated carbocycles. The van der Waals surface area contributed by atoms with E-state index >= 15 is 0 Å². The van der Waals surface area contributed by atoms with Crippen molar-refractivity contribution >= 4 is 16.3 Å². The lowest BCUT2D eigenvalue weighted by Gasteiger charge is -2.16. The fourth-order valence-corrected chi connectivity index (χ4v) is 1.95. The van der Waals surface area contributed by atoms with E-state index in [2.05, 4.69) is 25.8 Å². The molecule has 0 saturated heterocycles. The summed E-state index contributed by atoms with van der Waals surface area (Å²) >= 11 is 1.48. The summed E-state index contributed by atoms with van der Waals surface area (Å²) in [5.41, 5.74) is 0.781. The van der Waals surface area contributed by atoms with Crippen molar-refractivity contribution < 1.29 is 0 Å². The first-order valence-electron chi connectivity index (χ1n) is 4.46. The first-order valence-corrected chi connectivity index (χ1v) is 5.34. The van der Waals surface area contributed by atoms with Crippen LogP contribution in [-0.4, -0.2) is 9.38 Å². The van der Waals surface area contributed by atoms with Gasteiger partial charge in [0, 0.05) is 23.1 Å². The number of hydrogen-bond donors (Lipinski definition) is 0. The Morgan fingerprint density at radius 3 is 2.79 bits per heavy atom. The van der Waals surface area contributed by atoms with Crippen LogP contribution < -0.4 is 5.56 Å². The van der Waals surface area contributed by atoms with Gasteiger partial charge < -0.3 is 0 Å². The summed E-state index contributed by atoms with van der Waals surface area (Å²) in [6.45, 7) is 6.16. The summed E-state index contributed by atoms with van der Waals surface area (Å²) in [5, 5.41) is 1.87. The lowest BCUT2D eigenvalue weighted by Crippen LogP contribution is -2.20. The van der Waals surface area contributed by atoms with Crippen LogP contribution in [0, 0.1) is 0 Å². The molecule has 0 amide bonds. The van der Waals surface area contributed by atoms with E-state index in [0.29, 0.717) is 0 Å². The van der Waals surface area contributed by atoms with Gasteiger partial charge in [-0.1, -0.05) is 20.8 Å². The van der Waals surface area contributed by atoms with Crippen molar-refractivity contribution in [2.24, 2.45) is 0 Å². The highest BCUT2D eigenvalue weighted by Gasteiger charge is 2.17. The van der Waals surface area contributed by atoms with Gasteiger partial charge in [0.2, 0.25) is 0 Å². The molecule has 3 nitrogen and oxygen atoms in total. The summed E-state index contributed by atoms with van der Waals surface area (Å²) in [6.07, 6.45) is 1.75. The molecule has 0 bridgehead atoms. The SMILES string of the molecule is CC(C)(C)c1cc(=O)n2ccsc2n1. The van der Waals surface area contributed by atoms with Crippen molar-refractivity contribution in [3.8, 4) is 0 Å². The van der Waals surface area contributed by atoms with Crippen molar-refractivity contribution in [3.63, 3.8) is 0 Å². The molecule has 0 atom stereocenters. The average Bonchev–Trinajstić information content (AvgIpc) is 2.50. The van der Waals surface area contributed by atoms with E-state index in [9.17, 15) is 4.79 Å². The molecule has 2 aromatic heterocycles. The highest BCUT2D eigenvalue weighted by Crippen LogP contribution is 2.19. The Morgan fingerprint density at radius 2 is 2.14 bits per heavy atom. The minimum atomic E-state index is -0.0715. The van der Waals surface area contributed by atoms with Crippen molar-refractivity contribution in [2.75, 3.05) is 0 Å². The Bertz CT molecular complexity index is 519. The molecule has 0 aliphatic heterocycles. The van der Waals surface area contributed by atoms with Crippen LogP contribution in [0.2, 0.25) is 0 Å². The van der Waals surface area contributed by atoms with Crippen LogP contribution in [0.15, 0.2) is 22.4 Å². The fourth-order valence-electron chi connectivity index (χ4n) is 1.23. The van der Waals surface area contributed by atoms with Crippen LogP contribution >= 0.6 is 11.3 Å². The monoisotopic (exact) mass is 208 g/mol. The number of hydrogen-bond acceptors (Lipinski definition) is 3. The third-order valence-corrected chi connectivity index (χ3v) is 2.83. The molecule has 0 aliphatic carbocycles. The molecule has 74 valence electrons. The predicted octanol–water partition coefficient (Wildman–Crippen LogP) is 2.05. The third-order valence-electron chi connectivity index (χ3n) is 2.07. The van der Waals surface area contributed by atoms with E-state index in [1.807, 2.05) is 5.38 Å². The van der Waals surface area contributed by atoms with Crippen LogP contribution in [0.1, 0.15) is 26.5 Å². The zero-order chi connectivity index (χ0) is 10.3. The molecule has 0 unspecified atom stereocenters. The molecule has 0 N–H and O–H groups in total. The summed E-state index contributed by atoms with van der Waals surface area (Å²) in [5.74, 6) is 0.